The molecule has 1 aliphatic carbocycles. The Labute approximate surface area is 128 Å². The van der Waals surface area contributed by atoms with Crippen molar-refractivity contribution < 1.29 is 4.92 Å². The second-order valence-corrected chi connectivity index (χ2v) is 6.94. The fourth-order valence-corrected chi connectivity index (χ4v) is 3.14. The minimum Gasteiger partial charge on any atom is -0.380 e. The van der Waals surface area contributed by atoms with E-state index in [1.165, 1.54) is 12.1 Å². The molecule has 0 spiro atoms. The number of nitrogens with zero attached hydrogens (tertiary/aromatic N) is 1. The number of non-ortho nitro benzene ring substituents is 1. The molecule has 1 aromatic carbocycles. The summed E-state index contributed by atoms with van der Waals surface area (Å²) in [7, 11) is 0. The highest BCUT2D eigenvalue weighted by atomic mass is 35.5. The Morgan fingerprint density at radius 2 is 1.75 bits per heavy atom. The number of nitro groups is 1. The van der Waals surface area contributed by atoms with Gasteiger partial charge in [-0.1, -0.05) is 37.0 Å². The quantitative estimate of drug-likeness (QED) is 0.609. The number of rotatable bonds is 3. The molecule has 1 N–H and O–H groups in total. The van der Waals surface area contributed by atoms with Gasteiger partial charge in [-0.05, 0) is 31.1 Å². The Kier molecular flexibility index (Phi) is 4.45. The van der Waals surface area contributed by atoms with Crippen molar-refractivity contribution in [2.75, 3.05) is 5.32 Å². The van der Waals surface area contributed by atoms with Crippen molar-refractivity contribution in [3.8, 4) is 0 Å². The second kappa shape index (κ2) is 5.78. The van der Waals surface area contributed by atoms with Gasteiger partial charge in [-0.15, -0.1) is 0 Å². The Balaban J connectivity index is 2.12. The third kappa shape index (κ3) is 3.55. The molecule has 0 aliphatic heterocycles. The van der Waals surface area contributed by atoms with E-state index in [4.69, 9.17) is 23.2 Å². The molecule has 0 heterocycles. The first-order valence-electron chi connectivity index (χ1n) is 6.68. The summed E-state index contributed by atoms with van der Waals surface area (Å²) >= 11 is 12.2. The number of halogens is 2. The SMILES string of the molecule is CC1(C)CCC(Nc2c(Cl)cc([N+](=O)[O-])cc2Cl)CC1. The van der Waals surface area contributed by atoms with E-state index < -0.39 is 4.92 Å². The predicted molar refractivity (Wildman–Crippen MR) is 82.8 cm³/mol. The molecule has 110 valence electrons. The molecular formula is C14H18Cl2N2O2. The van der Waals surface area contributed by atoms with E-state index >= 15 is 0 Å². The van der Waals surface area contributed by atoms with Gasteiger partial charge in [0.1, 0.15) is 0 Å². The van der Waals surface area contributed by atoms with Crippen LogP contribution >= 0.6 is 23.2 Å². The van der Waals surface area contributed by atoms with Gasteiger partial charge in [-0.2, -0.15) is 0 Å². The predicted octanol–water partition coefficient (Wildman–Crippen LogP) is 5.28. The van der Waals surface area contributed by atoms with Gasteiger partial charge in [0, 0.05) is 18.2 Å². The molecule has 0 atom stereocenters. The van der Waals surface area contributed by atoms with E-state index in [1.807, 2.05) is 0 Å². The molecule has 1 aliphatic rings. The summed E-state index contributed by atoms with van der Waals surface area (Å²) in [5.41, 5.74) is 0.903. The zero-order chi connectivity index (χ0) is 14.9. The van der Waals surface area contributed by atoms with Gasteiger partial charge in [-0.25, -0.2) is 0 Å². The molecule has 2 rings (SSSR count). The van der Waals surface area contributed by atoms with Gasteiger partial charge in [0.2, 0.25) is 0 Å². The van der Waals surface area contributed by atoms with Crippen LogP contribution in [0.25, 0.3) is 0 Å². The van der Waals surface area contributed by atoms with Crippen molar-refractivity contribution in [1.82, 2.24) is 0 Å². The fraction of sp³-hybridized carbons (Fsp3) is 0.571. The van der Waals surface area contributed by atoms with Crippen LogP contribution in [0.4, 0.5) is 11.4 Å². The molecular weight excluding hydrogens is 299 g/mol. The zero-order valence-electron chi connectivity index (χ0n) is 11.6. The molecule has 1 aromatic rings. The number of benzene rings is 1. The average molecular weight is 317 g/mol. The number of hydrogen-bond donors (Lipinski definition) is 1. The highest BCUT2D eigenvalue weighted by Gasteiger charge is 2.27. The highest BCUT2D eigenvalue weighted by Crippen LogP contribution is 2.39. The summed E-state index contributed by atoms with van der Waals surface area (Å²) < 4.78 is 0. The summed E-state index contributed by atoms with van der Waals surface area (Å²) in [6, 6.07) is 2.99. The first-order chi connectivity index (χ1) is 9.28. The number of anilines is 1. The molecule has 0 aromatic heterocycles. The average Bonchev–Trinajstić information content (AvgIpc) is 2.35. The molecule has 1 fully saturated rings. The van der Waals surface area contributed by atoms with Gasteiger partial charge in [0.15, 0.2) is 0 Å². The first kappa shape index (κ1) is 15.4. The van der Waals surface area contributed by atoms with Crippen molar-refractivity contribution in [2.24, 2.45) is 5.41 Å². The lowest BCUT2D eigenvalue weighted by molar-refractivity contribution is -0.384. The van der Waals surface area contributed by atoms with E-state index in [0.29, 0.717) is 27.2 Å². The van der Waals surface area contributed by atoms with Gasteiger partial charge in [0.05, 0.1) is 20.7 Å². The number of hydrogen-bond acceptors (Lipinski definition) is 3. The molecule has 0 amide bonds. The van der Waals surface area contributed by atoms with Gasteiger partial charge in [0.25, 0.3) is 5.69 Å². The molecule has 4 nitrogen and oxygen atoms in total. The van der Waals surface area contributed by atoms with E-state index in [2.05, 4.69) is 19.2 Å². The largest absolute Gasteiger partial charge is 0.380 e. The van der Waals surface area contributed by atoms with Crippen LogP contribution in [0.1, 0.15) is 39.5 Å². The van der Waals surface area contributed by atoms with Crippen molar-refractivity contribution in [2.45, 2.75) is 45.6 Å². The van der Waals surface area contributed by atoms with E-state index in [1.54, 1.807) is 0 Å². The molecule has 6 heteroatoms. The third-order valence-electron chi connectivity index (χ3n) is 3.93. The second-order valence-electron chi connectivity index (χ2n) is 6.12. The minimum absolute atomic E-state index is 0.0877. The lowest BCUT2D eigenvalue weighted by Gasteiger charge is -2.35. The van der Waals surface area contributed by atoms with Gasteiger partial charge >= 0.3 is 0 Å². The number of nitro benzene ring substituents is 1. The van der Waals surface area contributed by atoms with Crippen molar-refractivity contribution >= 4 is 34.6 Å². The summed E-state index contributed by atoms with van der Waals surface area (Å²) in [6.07, 6.45) is 4.40. The maximum Gasteiger partial charge on any atom is 0.272 e. The lowest BCUT2D eigenvalue weighted by atomic mass is 9.75. The van der Waals surface area contributed by atoms with Gasteiger partial charge in [-0.3, -0.25) is 10.1 Å². The highest BCUT2D eigenvalue weighted by molar-refractivity contribution is 6.39. The molecule has 1 saturated carbocycles. The monoisotopic (exact) mass is 316 g/mol. The van der Waals surface area contributed by atoms with Gasteiger partial charge < -0.3 is 5.32 Å². The van der Waals surface area contributed by atoms with Crippen LogP contribution in [0, 0.1) is 15.5 Å². The molecule has 0 radical (unpaired) electrons. The Morgan fingerprint density at radius 1 is 1.25 bits per heavy atom. The Hall–Kier alpha value is -1.00. The molecule has 0 bridgehead atoms. The van der Waals surface area contributed by atoms with E-state index in [0.717, 1.165) is 25.7 Å². The topological polar surface area (TPSA) is 55.2 Å². The standard InChI is InChI=1S/C14H18Cl2N2O2/c1-14(2)5-3-9(4-6-14)17-13-11(15)7-10(18(19)20)8-12(13)16/h7-9,17H,3-6H2,1-2H3. The third-order valence-corrected chi connectivity index (χ3v) is 4.52. The van der Waals surface area contributed by atoms with Crippen LogP contribution in [0.2, 0.25) is 10.0 Å². The maximum atomic E-state index is 10.7. The normalized spacial score (nSPS) is 18.8. The minimum atomic E-state index is -0.495. The lowest BCUT2D eigenvalue weighted by Crippen LogP contribution is -2.30. The van der Waals surface area contributed by atoms with E-state index in [9.17, 15) is 10.1 Å². The zero-order valence-corrected chi connectivity index (χ0v) is 13.1. The summed E-state index contributed by atoms with van der Waals surface area (Å²) in [6.45, 7) is 4.55. The van der Waals surface area contributed by atoms with E-state index in [-0.39, 0.29) is 5.69 Å². The van der Waals surface area contributed by atoms with Crippen molar-refractivity contribution in [3.63, 3.8) is 0 Å². The molecule has 0 unspecified atom stereocenters. The maximum absolute atomic E-state index is 10.7. The first-order valence-corrected chi connectivity index (χ1v) is 7.44. The van der Waals surface area contributed by atoms with Crippen LogP contribution in [0.5, 0.6) is 0 Å². The van der Waals surface area contributed by atoms with Crippen LogP contribution in [-0.4, -0.2) is 11.0 Å². The summed E-state index contributed by atoms with van der Waals surface area (Å²) in [5, 5.41) is 14.7. The van der Waals surface area contributed by atoms with Crippen LogP contribution in [0.15, 0.2) is 12.1 Å². The fourth-order valence-electron chi connectivity index (χ4n) is 2.55. The molecule has 0 saturated heterocycles. The molecule has 20 heavy (non-hydrogen) atoms. The van der Waals surface area contributed by atoms with Crippen LogP contribution < -0.4 is 5.32 Å². The van der Waals surface area contributed by atoms with Crippen molar-refractivity contribution in [1.29, 1.82) is 0 Å². The Bertz CT molecular complexity index is 499. The van der Waals surface area contributed by atoms with Crippen LogP contribution in [0.3, 0.4) is 0 Å². The summed E-state index contributed by atoms with van der Waals surface area (Å²) in [5.74, 6) is 0. The smallest absolute Gasteiger partial charge is 0.272 e. The Morgan fingerprint density at radius 3 is 2.20 bits per heavy atom. The number of nitrogens with one attached hydrogen (secondary N) is 1. The van der Waals surface area contributed by atoms with Crippen LogP contribution in [-0.2, 0) is 0 Å². The summed E-state index contributed by atoms with van der Waals surface area (Å²) in [4.78, 5) is 10.3. The van der Waals surface area contributed by atoms with Crippen molar-refractivity contribution in [3.05, 3.63) is 32.3 Å².